The first-order chi connectivity index (χ1) is 7.33. The summed E-state index contributed by atoms with van der Waals surface area (Å²) in [5, 5.41) is 3.28. The molecule has 0 aromatic heterocycles. The van der Waals surface area contributed by atoms with Crippen LogP contribution in [0.2, 0.25) is 0 Å². The van der Waals surface area contributed by atoms with Crippen LogP contribution in [0.25, 0.3) is 0 Å². The molecule has 0 amide bonds. The summed E-state index contributed by atoms with van der Waals surface area (Å²) in [6, 6.07) is 0. The third-order valence-electron chi connectivity index (χ3n) is 2.83. The Morgan fingerprint density at radius 3 is 2.19 bits per heavy atom. The van der Waals surface area contributed by atoms with Gasteiger partial charge in [-0.15, -0.1) is 0 Å². The third-order valence-corrected chi connectivity index (χ3v) is 4.69. The molecule has 0 aliphatic heterocycles. The van der Waals surface area contributed by atoms with Gasteiger partial charge in [0, 0.05) is 5.75 Å². The predicted molar refractivity (Wildman–Crippen MR) is 70.5 cm³/mol. The zero-order chi connectivity index (χ0) is 12.7. The lowest BCUT2D eigenvalue weighted by Gasteiger charge is -2.24. The molecule has 0 aromatic rings. The minimum Gasteiger partial charge on any atom is -0.317 e. The highest BCUT2D eigenvalue weighted by Crippen LogP contribution is 2.25. The summed E-state index contributed by atoms with van der Waals surface area (Å²) in [6.07, 6.45) is 2.52. The second-order valence-electron chi connectivity index (χ2n) is 5.17. The highest BCUT2D eigenvalue weighted by molar-refractivity contribution is 7.91. The lowest BCUT2D eigenvalue weighted by molar-refractivity contribution is 0.317. The maximum atomic E-state index is 11.6. The second-order valence-corrected chi connectivity index (χ2v) is 7.47. The summed E-state index contributed by atoms with van der Waals surface area (Å²) in [6.45, 7) is 10.2. The van der Waals surface area contributed by atoms with Crippen molar-refractivity contribution in [3.63, 3.8) is 0 Å². The van der Waals surface area contributed by atoms with Crippen molar-refractivity contribution in [1.82, 2.24) is 5.32 Å². The summed E-state index contributed by atoms with van der Waals surface area (Å²) < 4.78 is 23.2. The van der Waals surface area contributed by atoms with E-state index in [9.17, 15) is 8.42 Å². The predicted octanol–water partition coefficient (Wildman–Crippen LogP) is 2.23. The Bertz CT molecular complexity index is 271. The van der Waals surface area contributed by atoms with Gasteiger partial charge in [0.2, 0.25) is 0 Å². The van der Waals surface area contributed by atoms with Gasteiger partial charge in [0.05, 0.1) is 5.75 Å². The van der Waals surface area contributed by atoms with Crippen molar-refractivity contribution in [1.29, 1.82) is 0 Å². The average Bonchev–Trinajstić information content (AvgIpc) is 2.16. The zero-order valence-electron chi connectivity index (χ0n) is 11.2. The second kappa shape index (κ2) is 7.28. The van der Waals surface area contributed by atoms with E-state index in [1.807, 2.05) is 6.92 Å². The van der Waals surface area contributed by atoms with E-state index in [0.29, 0.717) is 11.5 Å². The normalized spacial score (nSPS) is 13.0. The topological polar surface area (TPSA) is 46.2 Å². The van der Waals surface area contributed by atoms with Crippen LogP contribution in [0.1, 0.15) is 47.0 Å². The Balaban J connectivity index is 3.97. The molecule has 0 heterocycles. The molecule has 0 aliphatic carbocycles. The van der Waals surface area contributed by atoms with E-state index in [1.54, 1.807) is 0 Å². The minimum absolute atomic E-state index is 0.114. The highest BCUT2D eigenvalue weighted by Gasteiger charge is 2.20. The first-order valence-corrected chi connectivity index (χ1v) is 8.06. The molecular weight excluding hydrogens is 222 g/mol. The van der Waals surface area contributed by atoms with Gasteiger partial charge in [0.25, 0.3) is 0 Å². The van der Waals surface area contributed by atoms with Crippen LogP contribution in [0, 0.1) is 5.41 Å². The molecule has 0 fully saturated rings. The van der Waals surface area contributed by atoms with Gasteiger partial charge in [0.1, 0.15) is 9.84 Å². The molecule has 0 rings (SSSR count). The number of hydrogen-bond acceptors (Lipinski definition) is 3. The van der Waals surface area contributed by atoms with Crippen LogP contribution in [0.3, 0.4) is 0 Å². The van der Waals surface area contributed by atoms with Crippen LogP contribution >= 0.6 is 0 Å². The van der Waals surface area contributed by atoms with Crippen molar-refractivity contribution in [3.05, 3.63) is 0 Å². The summed E-state index contributed by atoms with van der Waals surface area (Å²) in [4.78, 5) is 0. The Kier molecular flexibility index (Phi) is 7.24. The van der Waals surface area contributed by atoms with E-state index in [-0.39, 0.29) is 5.41 Å². The Labute approximate surface area is 101 Å². The van der Waals surface area contributed by atoms with Crippen molar-refractivity contribution in [3.8, 4) is 0 Å². The van der Waals surface area contributed by atoms with Crippen LogP contribution in [0.5, 0.6) is 0 Å². The van der Waals surface area contributed by atoms with E-state index < -0.39 is 9.84 Å². The molecule has 98 valence electrons. The highest BCUT2D eigenvalue weighted by atomic mass is 32.2. The van der Waals surface area contributed by atoms with Crippen molar-refractivity contribution in [2.75, 3.05) is 24.6 Å². The SMILES string of the molecule is CCCS(=O)(=O)CCC(C)(C)CCNCC. The molecule has 0 aromatic carbocycles. The smallest absolute Gasteiger partial charge is 0.150 e. The molecular formula is C12H27NO2S. The average molecular weight is 249 g/mol. The van der Waals surface area contributed by atoms with Gasteiger partial charge in [-0.25, -0.2) is 8.42 Å². The van der Waals surface area contributed by atoms with E-state index in [2.05, 4.69) is 26.1 Å². The van der Waals surface area contributed by atoms with Crippen molar-refractivity contribution >= 4 is 9.84 Å². The molecule has 0 aliphatic rings. The van der Waals surface area contributed by atoms with Crippen molar-refractivity contribution < 1.29 is 8.42 Å². The van der Waals surface area contributed by atoms with Crippen LogP contribution in [-0.4, -0.2) is 33.0 Å². The first kappa shape index (κ1) is 15.9. The molecule has 0 radical (unpaired) electrons. The van der Waals surface area contributed by atoms with Crippen molar-refractivity contribution in [2.24, 2.45) is 5.41 Å². The van der Waals surface area contributed by atoms with E-state index in [0.717, 1.165) is 32.4 Å². The molecule has 4 heteroatoms. The van der Waals surface area contributed by atoms with E-state index >= 15 is 0 Å². The quantitative estimate of drug-likeness (QED) is 0.637. The lowest BCUT2D eigenvalue weighted by Crippen LogP contribution is -2.25. The Morgan fingerprint density at radius 1 is 1.06 bits per heavy atom. The van der Waals surface area contributed by atoms with Gasteiger partial charge in [-0.3, -0.25) is 0 Å². The van der Waals surface area contributed by atoms with Crippen molar-refractivity contribution in [2.45, 2.75) is 47.0 Å². The Morgan fingerprint density at radius 2 is 1.69 bits per heavy atom. The first-order valence-electron chi connectivity index (χ1n) is 6.24. The largest absolute Gasteiger partial charge is 0.317 e. The molecule has 0 saturated heterocycles. The molecule has 0 unspecified atom stereocenters. The van der Waals surface area contributed by atoms with Crippen LogP contribution in [0.4, 0.5) is 0 Å². The van der Waals surface area contributed by atoms with Gasteiger partial charge in [-0.05, 0) is 37.8 Å². The number of nitrogens with one attached hydrogen (secondary N) is 1. The third kappa shape index (κ3) is 8.11. The van der Waals surface area contributed by atoms with Crippen LogP contribution in [0.15, 0.2) is 0 Å². The summed E-state index contributed by atoms with van der Waals surface area (Å²) in [5.41, 5.74) is 0.114. The summed E-state index contributed by atoms with van der Waals surface area (Å²) in [5.74, 6) is 0.663. The Hall–Kier alpha value is -0.0900. The fourth-order valence-corrected chi connectivity index (χ4v) is 3.26. The molecule has 1 N–H and O–H groups in total. The number of hydrogen-bond donors (Lipinski definition) is 1. The maximum absolute atomic E-state index is 11.6. The minimum atomic E-state index is -2.82. The van der Waals surface area contributed by atoms with Gasteiger partial charge < -0.3 is 5.32 Å². The summed E-state index contributed by atoms with van der Waals surface area (Å²) in [7, 11) is -2.82. The van der Waals surface area contributed by atoms with Crippen LogP contribution < -0.4 is 5.32 Å². The maximum Gasteiger partial charge on any atom is 0.150 e. The number of sulfone groups is 1. The van der Waals surface area contributed by atoms with Gasteiger partial charge >= 0.3 is 0 Å². The lowest BCUT2D eigenvalue weighted by atomic mass is 9.86. The zero-order valence-corrected chi connectivity index (χ0v) is 12.0. The number of rotatable bonds is 9. The molecule has 3 nitrogen and oxygen atoms in total. The molecule has 16 heavy (non-hydrogen) atoms. The van der Waals surface area contributed by atoms with Gasteiger partial charge in [-0.1, -0.05) is 27.7 Å². The monoisotopic (exact) mass is 249 g/mol. The molecule has 0 saturated carbocycles. The van der Waals surface area contributed by atoms with E-state index in [1.165, 1.54) is 0 Å². The molecule has 0 atom stereocenters. The van der Waals surface area contributed by atoms with Gasteiger partial charge in [-0.2, -0.15) is 0 Å². The molecule has 0 bridgehead atoms. The standard InChI is InChI=1S/C12H27NO2S/c1-5-10-16(14,15)11-8-12(3,4)7-9-13-6-2/h13H,5-11H2,1-4H3. The summed E-state index contributed by atoms with van der Waals surface area (Å²) >= 11 is 0. The fraction of sp³-hybridized carbons (Fsp3) is 1.00. The van der Waals surface area contributed by atoms with Crippen LogP contribution in [-0.2, 0) is 9.84 Å². The fourth-order valence-electron chi connectivity index (χ4n) is 1.57. The molecule has 0 spiro atoms. The van der Waals surface area contributed by atoms with E-state index in [4.69, 9.17) is 0 Å². The van der Waals surface area contributed by atoms with Gasteiger partial charge in [0.15, 0.2) is 0 Å².